The van der Waals surface area contributed by atoms with E-state index < -0.39 is 10.8 Å². The zero-order valence-electron chi connectivity index (χ0n) is 13.4. The first-order valence-electron chi connectivity index (χ1n) is 8.04. The van der Waals surface area contributed by atoms with Gasteiger partial charge in [0.1, 0.15) is 0 Å². The molecule has 0 fully saturated rings. The van der Waals surface area contributed by atoms with Crippen LogP contribution >= 0.6 is 0 Å². The number of nitrogens with zero attached hydrogens (tertiary/aromatic N) is 1. The maximum Gasteiger partial charge on any atom is 0.0558 e. The van der Waals surface area contributed by atoms with E-state index in [0.29, 0.717) is 12.6 Å². The van der Waals surface area contributed by atoms with Crippen LogP contribution in [0.3, 0.4) is 0 Å². The number of hydrogen-bond acceptors (Lipinski definition) is 3. The Morgan fingerprint density at radius 3 is 2.61 bits per heavy atom. The van der Waals surface area contributed by atoms with Crippen LogP contribution in [0, 0.1) is 0 Å². The average Bonchev–Trinajstić information content (AvgIpc) is 2.99. The molecule has 2 aromatic rings. The molecule has 2 atom stereocenters. The van der Waals surface area contributed by atoms with Crippen LogP contribution in [0.2, 0.25) is 0 Å². The lowest BCUT2D eigenvalue weighted by Crippen LogP contribution is -2.30. The van der Waals surface area contributed by atoms with Gasteiger partial charge < -0.3 is 5.11 Å². The van der Waals surface area contributed by atoms with Crippen molar-refractivity contribution >= 4 is 10.8 Å². The molecule has 1 aliphatic rings. The third-order valence-corrected chi connectivity index (χ3v) is 5.51. The fourth-order valence-corrected chi connectivity index (χ4v) is 3.93. The van der Waals surface area contributed by atoms with Crippen molar-refractivity contribution < 1.29 is 9.32 Å². The molecule has 0 amide bonds. The monoisotopic (exact) mass is 329 g/mol. The molecule has 0 aromatic heterocycles. The SMILES string of the molecule is CS(=O)c1ccc(CN(CCO)C2CCc3ccccc32)cc1. The van der Waals surface area contributed by atoms with Crippen LogP contribution in [0.1, 0.15) is 29.2 Å². The normalized spacial score (nSPS) is 18.1. The highest BCUT2D eigenvalue weighted by Gasteiger charge is 2.27. The second-order valence-electron chi connectivity index (χ2n) is 6.05. The lowest BCUT2D eigenvalue weighted by atomic mass is 10.1. The number of benzene rings is 2. The summed E-state index contributed by atoms with van der Waals surface area (Å²) >= 11 is 0. The second-order valence-corrected chi connectivity index (χ2v) is 7.43. The Labute approximate surface area is 140 Å². The maximum atomic E-state index is 11.5. The molecule has 4 heteroatoms. The van der Waals surface area contributed by atoms with Crippen molar-refractivity contribution in [1.82, 2.24) is 4.90 Å². The minimum Gasteiger partial charge on any atom is -0.395 e. The fourth-order valence-electron chi connectivity index (χ4n) is 3.41. The Hall–Kier alpha value is -1.49. The molecular weight excluding hydrogens is 306 g/mol. The quantitative estimate of drug-likeness (QED) is 0.886. The Kier molecular flexibility index (Phi) is 5.26. The minimum absolute atomic E-state index is 0.162. The fraction of sp³-hybridized carbons (Fsp3) is 0.368. The van der Waals surface area contributed by atoms with Gasteiger partial charge in [-0.3, -0.25) is 9.11 Å². The summed E-state index contributed by atoms with van der Waals surface area (Å²) in [6, 6.07) is 16.9. The summed E-state index contributed by atoms with van der Waals surface area (Å²) in [7, 11) is -0.939. The van der Waals surface area contributed by atoms with Crippen molar-refractivity contribution in [2.45, 2.75) is 30.3 Å². The Morgan fingerprint density at radius 1 is 1.17 bits per heavy atom. The van der Waals surface area contributed by atoms with Crippen molar-refractivity contribution in [3.8, 4) is 0 Å². The van der Waals surface area contributed by atoms with Gasteiger partial charge in [-0.25, -0.2) is 0 Å². The molecule has 23 heavy (non-hydrogen) atoms. The average molecular weight is 329 g/mol. The highest BCUT2D eigenvalue weighted by atomic mass is 32.2. The van der Waals surface area contributed by atoms with Gasteiger partial charge in [0.05, 0.1) is 6.61 Å². The maximum absolute atomic E-state index is 11.5. The summed E-state index contributed by atoms with van der Waals surface area (Å²) in [5.74, 6) is 0. The minimum atomic E-state index is -0.939. The van der Waals surface area contributed by atoms with Crippen LogP contribution in [0.5, 0.6) is 0 Å². The van der Waals surface area contributed by atoms with E-state index in [-0.39, 0.29) is 6.61 Å². The molecule has 0 aliphatic heterocycles. The first-order valence-corrected chi connectivity index (χ1v) is 9.60. The van der Waals surface area contributed by atoms with Gasteiger partial charge in [0.15, 0.2) is 0 Å². The van der Waals surface area contributed by atoms with Crippen molar-refractivity contribution in [1.29, 1.82) is 0 Å². The van der Waals surface area contributed by atoms with Crippen molar-refractivity contribution in [2.24, 2.45) is 0 Å². The van der Waals surface area contributed by atoms with Gasteiger partial charge in [0.2, 0.25) is 0 Å². The van der Waals surface area contributed by atoms with Crippen LogP contribution in [0.15, 0.2) is 53.4 Å². The highest BCUT2D eigenvalue weighted by Crippen LogP contribution is 2.36. The third kappa shape index (κ3) is 3.71. The third-order valence-electron chi connectivity index (χ3n) is 4.57. The first kappa shape index (κ1) is 16.4. The summed E-state index contributed by atoms with van der Waals surface area (Å²) in [5.41, 5.74) is 4.02. The van der Waals surface area contributed by atoms with Crippen molar-refractivity contribution in [2.75, 3.05) is 19.4 Å². The van der Waals surface area contributed by atoms with Crippen LogP contribution in [-0.4, -0.2) is 33.6 Å². The van der Waals surface area contributed by atoms with Crippen molar-refractivity contribution in [3.63, 3.8) is 0 Å². The molecule has 0 saturated heterocycles. The molecule has 1 N–H and O–H groups in total. The molecule has 3 nitrogen and oxygen atoms in total. The van der Waals surface area contributed by atoms with Gasteiger partial charge in [0, 0.05) is 41.1 Å². The van der Waals surface area contributed by atoms with Crippen LogP contribution in [-0.2, 0) is 23.8 Å². The van der Waals surface area contributed by atoms with Crippen LogP contribution < -0.4 is 0 Å². The smallest absolute Gasteiger partial charge is 0.0558 e. The van der Waals surface area contributed by atoms with Gasteiger partial charge in [-0.05, 0) is 41.7 Å². The highest BCUT2D eigenvalue weighted by molar-refractivity contribution is 7.84. The Bertz CT molecular complexity index is 684. The molecule has 1 aliphatic carbocycles. The predicted octanol–water partition coefficient (Wildman–Crippen LogP) is 2.91. The van der Waals surface area contributed by atoms with E-state index in [1.54, 1.807) is 6.26 Å². The summed E-state index contributed by atoms with van der Waals surface area (Å²) in [6.45, 7) is 1.63. The largest absolute Gasteiger partial charge is 0.395 e. The molecule has 0 spiro atoms. The molecule has 2 aromatic carbocycles. The standard InChI is InChI=1S/C19H23NO2S/c1-23(22)17-9-6-15(7-10-17)14-20(12-13-21)19-11-8-16-4-2-3-5-18(16)19/h2-7,9-10,19,21H,8,11-14H2,1H3. The molecule has 2 unspecified atom stereocenters. The number of fused-ring (bicyclic) bond motifs is 1. The Balaban J connectivity index is 1.78. The van der Waals surface area contributed by atoms with E-state index in [1.807, 2.05) is 24.3 Å². The molecular formula is C19H23NO2S. The summed E-state index contributed by atoms with van der Waals surface area (Å²) in [4.78, 5) is 3.21. The zero-order valence-corrected chi connectivity index (χ0v) is 14.3. The lowest BCUT2D eigenvalue weighted by Gasteiger charge is -2.29. The van der Waals surface area contributed by atoms with E-state index in [9.17, 15) is 9.32 Å². The van der Waals surface area contributed by atoms with Gasteiger partial charge in [-0.1, -0.05) is 36.4 Å². The van der Waals surface area contributed by atoms with E-state index in [0.717, 1.165) is 24.3 Å². The summed E-state index contributed by atoms with van der Waals surface area (Å²) in [5, 5.41) is 9.46. The molecule has 0 radical (unpaired) electrons. The van der Waals surface area contributed by atoms with Gasteiger partial charge >= 0.3 is 0 Å². The summed E-state index contributed by atoms with van der Waals surface area (Å²) in [6.07, 6.45) is 3.91. The zero-order chi connectivity index (χ0) is 16.2. The number of hydrogen-bond donors (Lipinski definition) is 1. The molecule has 0 heterocycles. The summed E-state index contributed by atoms with van der Waals surface area (Å²) < 4.78 is 11.5. The van der Waals surface area contributed by atoms with Gasteiger partial charge in [0.25, 0.3) is 0 Å². The first-order chi connectivity index (χ1) is 11.2. The van der Waals surface area contributed by atoms with Crippen molar-refractivity contribution in [3.05, 3.63) is 65.2 Å². The number of aliphatic hydroxyl groups excluding tert-OH is 1. The molecule has 3 rings (SSSR count). The number of aryl methyl sites for hydroxylation is 1. The lowest BCUT2D eigenvalue weighted by molar-refractivity contribution is 0.143. The van der Waals surface area contributed by atoms with E-state index in [1.165, 1.54) is 16.7 Å². The van der Waals surface area contributed by atoms with Gasteiger partial charge in [-0.2, -0.15) is 0 Å². The topological polar surface area (TPSA) is 40.5 Å². The van der Waals surface area contributed by atoms with E-state index in [2.05, 4.69) is 29.2 Å². The molecule has 122 valence electrons. The molecule has 0 bridgehead atoms. The number of aliphatic hydroxyl groups is 1. The van der Waals surface area contributed by atoms with Gasteiger partial charge in [-0.15, -0.1) is 0 Å². The second kappa shape index (κ2) is 7.39. The van der Waals surface area contributed by atoms with Crippen LogP contribution in [0.4, 0.5) is 0 Å². The van der Waals surface area contributed by atoms with E-state index in [4.69, 9.17) is 0 Å². The predicted molar refractivity (Wildman–Crippen MR) is 93.8 cm³/mol. The molecule has 0 saturated carbocycles. The van der Waals surface area contributed by atoms with E-state index >= 15 is 0 Å². The number of rotatable bonds is 6. The Morgan fingerprint density at radius 2 is 1.91 bits per heavy atom. The van der Waals surface area contributed by atoms with Crippen LogP contribution in [0.25, 0.3) is 0 Å².